The van der Waals surface area contributed by atoms with Gasteiger partial charge in [-0.2, -0.15) is 0 Å². The topological polar surface area (TPSA) is 26.8 Å². The predicted molar refractivity (Wildman–Crippen MR) is 119 cm³/mol. The van der Waals surface area contributed by atoms with Crippen molar-refractivity contribution in [3.05, 3.63) is 35.4 Å². The molecule has 4 nitrogen and oxygen atoms in total. The summed E-state index contributed by atoms with van der Waals surface area (Å²) in [5.41, 5.74) is 2.88. The highest BCUT2D eigenvalue weighted by atomic mass is 16.2. The molecule has 3 heterocycles. The molecule has 3 fully saturated rings. The Kier molecular flexibility index (Phi) is 6.92. The van der Waals surface area contributed by atoms with E-state index in [1.165, 1.54) is 49.9 Å². The summed E-state index contributed by atoms with van der Waals surface area (Å²) in [5, 5.41) is 0. The van der Waals surface area contributed by atoms with Gasteiger partial charge in [-0.05, 0) is 88.7 Å². The molecule has 1 amide bonds. The van der Waals surface area contributed by atoms with E-state index in [1.54, 1.807) is 0 Å². The standard InChI is InChI=1S/C25H39N3O/c1-20-6-5-13-28(18-20)25(29)22-9-16-27(17-10-22)24-11-14-26(15-12-24)19-23-8-4-3-7-21(23)2/h3-4,7-8,20,22,24H,5-6,9-19H2,1-2H3. The maximum Gasteiger partial charge on any atom is 0.225 e. The summed E-state index contributed by atoms with van der Waals surface area (Å²) in [6.07, 6.45) is 7.14. The first-order valence-corrected chi connectivity index (χ1v) is 11.9. The van der Waals surface area contributed by atoms with E-state index in [9.17, 15) is 4.79 Å². The van der Waals surface area contributed by atoms with Crippen LogP contribution in [-0.2, 0) is 11.3 Å². The predicted octanol–water partition coefficient (Wildman–Crippen LogP) is 3.93. The van der Waals surface area contributed by atoms with Crippen molar-refractivity contribution in [1.82, 2.24) is 14.7 Å². The summed E-state index contributed by atoms with van der Waals surface area (Å²) in [6, 6.07) is 9.50. The lowest BCUT2D eigenvalue weighted by Gasteiger charge is -2.42. The van der Waals surface area contributed by atoms with Crippen LogP contribution in [0.3, 0.4) is 0 Å². The molecule has 3 saturated heterocycles. The molecule has 0 spiro atoms. The van der Waals surface area contributed by atoms with Gasteiger partial charge in [0.2, 0.25) is 5.91 Å². The fraction of sp³-hybridized carbons (Fsp3) is 0.720. The molecule has 1 unspecified atom stereocenters. The van der Waals surface area contributed by atoms with E-state index in [1.807, 2.05) is 0 Å². The van der Waals surface area contributed by atoms with Crippen molar-refractivity contribution >= 4 is 5.91 Å². The second kappa shape index (κ2) is 9.61. The van der Waals surface area contributed by atoms with Gasteiger partial charge in [-0.1, -0.05) is 31.2 Å². The highest BCUT2D eigenvalue weighted by Crippen LogP contribution is 2.27. The number of likely N-dealkylation sites (tertiary alicyclic amines) is 3. The van der Waals surface area contributed by atoms with Gasteiger partial charge in [0.1, 0.15) is 0 Å². The zero-order valence-electron chi connectivity index (χ0n) is 18.5. The number of aryl methyl sites for hydroxylation is 1. The van der Waals surface area contributed by atoms with Crippen LogP contribution < -0.4 is 0 Å². The molecular weight excluding hydrogens is 358 g/mol. The van der Waals surface area contributed by atoms with Gasteiger partial charge in [-0.15, -0.1) is 0 Å². The van der Waals surface area contributed by atoms with Gasteiger partial charge >= 0.3 is 0 Å². The summed E-state index contributed by atoms with van der Waals surface area (Å²) in [5.74, 6) is 1.40. The monoisotopic (exact) mass is 397 g/mol. The third kappa shape index (κ3) is 5.21. The van der Waals surface area contributed by atoms with Crippen molar-refractivity contribution in [1.29, 1.82) is 0 Å². The minimum absolute atomic E-state index is 0.276. The first kappa shape index (κ1) is 20.9. The smallest absolute Gasteiger partial charge is 0.225 e. The minimum Gasteiger partial charge on any atom is -0.342 e. The Hall–Kier alpha value is -1.39. The van der Waals surface area contributed by atoms with Crippen molar-refractivity contribution < 1.29 is 4.79 Å². The number of amides is 1. The van der Waals surface area contributed by atoms with Crippen molar-refractivity contribution in [3.63, 3.8) is 0 Å². The number of rotatable bonds is 4. The molecular formula is C25H39N3O. The summed E-state index contributed by atoms with van der Waals surface area (Å²) in [7, 11) is 0. The Morgan fingerprint density at radius 1 is 0.966 bits per heavy atom. The summed E-state index contributed by atoms with van der Waals surface area (Å²) in [6.45, 7) is 12.2. The van der Waals surface area contributed by atoms with Crippen LogP contribution in [0, 0.1) is 18.8 Å². The Balaban J connectivity index is 1.21. The molecule has 0 radical (unpaired) electrons. The van der Waals surface area contributed by atoms with Crippen LogP contribution in [-0.4, -0.2) is 65.9 Å². The molecule has 29 heavy (non-hydrogen) atoms. The Bertz CT molecular complexity index is 674. The first-order chi connectivity index (χ1) is 14.1. The second-order valence-electron chi connectivity index (χ2n) is 9.78. The average Bonchev–Trinajstić information content (AvgIpc) is 2.75. The molecule has 0 aliphatic carbocycles. The maximum absolute atomic E-state index is 12.9. The molecule has 1 atom stereocenters. The number of piperidine rings is 3. The Morgan fingerprint density at radius 3 is 2.38 bits per heavy atom. The minimum atomic E-state index is 0.276. The maximum atomic E-state index is 12.9. The van der Waals surface area contributed by atoms with E-state index < -0.39 is 0 Å². The Morgan fingerprint density at radius 2 is 1.69 bits per heavy atom. The number of hydrogen-bond acceptors (Lipinski definition) is 3. The van der Waals surface area contributed by atoms with Gasteiger partial charge in [-0.25, -0.2) is 0 Å². The van der Waals surface area contributed by atoms with Gasteiger partial charge in [-0.3, -0.25) is 9.69 Å². The number of carbonyl (C=O) groups excluding carboxylic acids is 1. The highest BCUT2D eigenvalue weighted by Gasteiger charge is 2.33. The van der Waals surface area contributed by atoms with Crippen LogP contribution in [0.2, 0.25) is 0 Å². The van der Waals surface area contributed by atoms with Crippen LogP contribution >= 0.6 is 0 Å². The van der Waals surface area contributed by atoms with Gasteiger partial charge in [0.05, 0.1) is 0 Å². The van der Waals surface area contributed by atoms with Gasteiger partial charge in [0.15, 0.2) is 0 Å². The van der Waals surface area contributed by atoms with Crippen molar-refractivity contribution in [2.75, 3.05) is 39.3 Å². The lowest BCUT2D eigenvalue weighted by molar-refractivity contribution is -0.139. The molecule has 4 heteroatoms. The largest absolute Gasteiger partial charge is 0.342 e. The van der Waals surface area contributed by atoms with E-state index >= 15 is 0 Å². The molecule has 0 bridgehead atoms. The van der Waals surface area contributed by atoms with Gasteiger partial charge in [0.25, 0.3) is 0 Å². The Labute approximate surface area is 177 Å². The van der Waals surface area contributed by atoms with Crippen molar-refractivity contribution in [2.45, 2.75) is 65.0 Å². The lowest BCUT2D eigenvalue weighted by atomic mass is 9.91. The zero-order valence-corrected chi connectivity index (χ0v) is 18.5. The molecule has 0 aromatic heterocycles. The fourth-order valence-corrected chi connectivity index (χ4v) is 5.63. The average molecular weight is 398 g/mol. The second-order valence-corrected chi connectivity index (χ2v) is 9.78. The normalized spacial score (nSPS) is 26.0. The number of hydrogen-bond donors (Lipinski definition) is 0. The number of carbonyl (C=O) groups is 1. The van der Waals surface area contributed by atoms with E-state index in [0.29, 0.717) is 17.9 Å². The van der Waals surface area contributed by atoms with Crippen LogP contribution in [0.15, 0.2) is 24.3 Å². The summed E-state index contributed by atoms with van der Waals surface area (Å²) in [4.78, 5) is 20.4. The SMILES string of the molecule is Cc1ccccc1CN1CCC(N2CCC(C(=O)N3CCCC(C)C3)CC2)CC1. The van der Waals surface area contributed by atoms with E-state index in [4.69, 9.17) is 0 Å². The fourth-order valence-electron chi connectivity index (χ4n) is 5.63. The van der Waals surface area contributed by atoms with E-state index in [2.05, 4.69) is 52.8 Å². The van der Waals surface area contributed by atoms with Gasteiger partial charge in [0, 0.05) is 31.6 Å². The third-order valence-electron chi connectivity index (χ3n) is 7.58. The highest BCUT2D eigenvalue weighted by molar-refractivity contribution is 5.79. The van der Waals surface area contributed by atoms with Crippen molar-refractivity contribution in [2.24, 2.45) is 11.8 Å². The summed E-state index contributed by atoms with van der Waals surface area (Å²) < 4.78 is 0. The molecule has 0 N–H and O–H groups in total. The molecule has 3 aliphatic rings. The molecule has 1 aromatic rings. The quantitative estimate of drug-likeness (QED) is 0.770. The summed E-state index contributed by atoms with van der Waals surface area (Å²) >= 11 is 0. The molecule has 160 valence electrons. The van der Waals surface area contributed by atoms with Gasteiger partial charge < -0.3 is 9.80 Å². The van der Waals surface area contributed by atoms with Crippen LogP contribution in [0.25, 0.3) is 0 Å². The third-order valence-corrected chi connectivity index (χ3v) is 7.58. The van der Waals surface area contributed by atoms with E-state index in [0.717, 1.165) is 45.6 Å². The molecule has 1 aromatic carbocycles. The number of benzene rings is 1. The van der Waals surface area contributed by atoms with E-state index in [-0.39, 0.29) is 5.92 Å². The first-order valence-electron chi connectivity index (χ1n) is 11.9. The lowest BCUT2D eigenvalue weighted by Crippen LogP contribution is -2.50. The zero-order chi connectivity index (χ0) is 20.2. The van der Waals surface area contributed by atoms with Crippen LogP contribution in [0.4, 0.5) is 0 Å². The molecule has 3 aliphatic heterocycles. The van der Waals surface area contributed by atoms with Crippen molar-refractivity contribution in [3.8, 4) is 0 Å². The number of nitrogens with zero attached hydrogens (tertiary/aromatic N) is 3. The molecule has 0 saturated carbocycles. The van der Waals surface area contributed by atoms with Crippen LogP contribution in [0.1, 0.15) is 56.6 Å². The van der Waals surface area contributed by atoms with Crippen LogP contribution in [0.5, 0.6) is 0 Å². The molecule has 4 rings (SSSR count).